The lowest BCUT2D eigenvalue weighted by atomic mass is 9.94. The van der Waals surface area contributed by atoms with E-state index in [9.17, 15) is 0 Å². The lowest BCUT2D eigenvalue weighted by Crippen LogP contribution is -2.36. The summed E-state index contributed by atoms with van der Waals surface area (Å²) in [6.07, 6.45) is -0.504. The summed E-state index contributed by atoms with van der Waals surface area (Å²) in [5.41, 5.74) is 9.01. The molecule has 226 valence electrons. The van der Waals surface area contributed by atoms with E-state index in [1.165, 1.54) is 0 Å². The third kappa shape index (κ3) is 4.16. The molecule has 6 heteroatoms. The highest BCUT2D eigenvalue weighted by Crippen LogP contribution is 2.40. The number of benzene rings is 6. The summed E-state index contributed by atoms with van der Waals surface area (Å²) < 4.78 is 12.6. The minimum Gasteiger partial charge on any atom is -0.456 e. The van der Waals surface area contributed by atoms with Gasteiger partial charge in [-0.05, 0) is 41.5 Å². The van der Waals surface area contributed by atoms with Crippen LogP contribution in [-0.2, 0) is 0 Å². The molecule has 9 aromatic rings. The summed E-state index contributed by atoms with van der Waals surface area (Å²) in [6.45, 7) is 0. The van der Waals surface area contributed by atoms with E-state index in [4.69, 9.17) is 23.8 Å². The van der Waals surface area contributed by atoms with Gasteiger partial charge in [-0.1, -0.05) is 115 Å². The number of nitrogens with one attached hydrogen (secondary N) is 1. The molecule has 48 heavy (non-hydrogen) atoms. The topological polar surface area (TPSA) is 75.9 Å². The van der Waals surface area contributed by atoms with E-state index in [0.717, 1.165) is 88.7 Å². The second-order valence-corrected chi connectivity index (χ2v) is 12.0. The highest BCUT2D eigenvalue weighted by Gasteiger charge is 2.26. The molecule has 3 aromatic heterocycles. The Bertz CT molecular complexity index is 2770. The van der Waals surface area contributed by atoms with Gasteiger partial charge in [-0.15, -0.1) is 0 Å². The summed E-state index contributed by atoms with van der Waals surface area (Å²) in [4.78, 5) is 15.4. The quantitative estimate of drug-likeness (QED) is 0.213. The molecule has 1 unspecified atom stereocenters. The average molecular weight is 619 g/mol. The molecular weight excluding hydrogens is 592 g/mol. The number of furan rings is 2. The van der Waals surface area contributed by atoms with Gasteiger partial charge in [-0.2, -0.15) is 0 Å². The molecule has 1 N–H and O–H groups in total. The zero-order valence-electron chi connectivity index (χ0n) is 25.6. The van der Waals surface area contributed by atoms with Crippen molar-refractivity contribution in [3.63, 3.8) is 0 Å². The second kappa shape index (κ2) is 10.5. The summed E-state index contributed by atoms with van der Waals surface area (Å²) in [5.74, 6) is 1.50. The number of amidine groups is 2. The summed E-state index contributed by atoms with van der Waals surface area (Å²) in [6, 6.07) is 49.4. The Labute approximate surface area is 274 Å². The van der Waals surface area contributed by atoms with Crippen LogP contribution < -0.4 is 5.32 Å². The van der Waals surface area contributed by atoms with E-state index in [1.807, 2.05) is 78.9 Å². The Morgan fingerprint density at radius 3 is 2.10 bits per heavy atom. The van der Waals surface area contributed by atoms with Gasteiger partial charge in [-0.3, -0.25) is 0 Å². The summed E-state index contributed by atoms with van der Waals surface area (Å²) >= 11 is 0. The molecule has 0 spiro atoms. The predicted molar refractivity (Wildman–Crippen MR) is 194 cm³/mol. The molecule has 0 bridgehead atoms. The number of hydrogen-bond donors (Lipinski definition) is 1. The van der Waals surface area contributed by atoms with E-state index < -0.39 is 6.17 Å². The van der Waals surface area contributed by atoms with Gasteiger partial charge in [0.05, 0.1) is 5.52 Å². The monoisotopic (exact) mass is 618 g/mol. The van der Waals surface area contributed by atoms with Gasteiger partial charge >= 0.3 is 0 Å². The van der Waals surface area contributed by atoms with Crippen LogP contribution in [0, 0.1) is 0 Å². The van der Waals surface area contributed by atoms with Gasteiger partial charge < -0.3 is 14.2 Å². The van der Waals surface area contributed by atoms with E-state index in [0.29, 0.717) is 5.71 Å². The van der Waals surface area contributed by atoms with Crippen LogP contribution in [0.5, 0.6) is 0 Å². The highest BCUT2D eigenvalue weighted by atomic mass is 16.3. The Hall–Kier alpha value is -6.53. The molecule has 0 saturated heterocycles. The number of para-hydroxylation sites is 2. The molecule has 0 radical (unpaired) electrons. The fourth-order valence-electron chi connectivity index (χ4n) is 6.99. The predicted octanol–water partition coefficient (Wildman–Crippen LogP) is 10.2. The maximum atomic E-state index is 6.34. The van der Waals surface area contributed by atoms with Crippen molar-refractivity contribution in [2.45, 2.75) is 6.17 Å². The third-order valence-electron chi connectivity index (χ3n) is 9.16. The number of nitrogens with zero attached hydrogens (tertiary/aromatic N) is 3. The van der Waals surface area contributed by atoms with Crippen LogP contribution >= 0.6 is 0 Å². The van der Waals surface area contributed by atoms with Crippen molar-refractivity contribution in [2.24, 2.45) is 9.98 Å². The van der Waals surface area contributed by atoms with Crippen molar-refractivity contribution in [3.05, 3.63) is 162 Å². The van der Waals surface area contributed by atoms with Crippen molar-refractivity contribution < 1.29 is 8.83 Å². The van der Waals surface area contributed by atoms with Gasteiger partial charge in [0.1, 0.15) is 28.4 Å². The molecule has 6 nitrogen and oxygen atoms in total. The van der Waals surface area contributed by atoms with E-state index >= 15 is 0 Å². The zero-order chi connectivity index (χ0) is 31.6. The Morgan fingerprint density at radius 1 is 0.500 bits per heavy atom. The molecule has 1 aliphatic rings. The first-order valence-electron chi connectivity index (χ1n) is 16.0. The first kappa shape index (κ1) is 26.7. The molecule has 4 heterocycles. The van der Waals surface area contributed by atoms with Gasteiger partial charge in [0.2, 0.25) is 5.71 Å². The van der Waals surface area contributed by atoms with Crippen LogP contribution in [0.25, 0.3) is 66.0 Å². The highest BCUT2D eigenvalue weighted by molar-refractivity contribution is 6.21. The molecule has 0 aliphatic carbocycles. The minimum atomic E-state index is -0.504. The van der Waals surface area contributed by atoms with Crippen LogP contribution in [0.2, 0.25) is 0 Å². The Balaban J connectivity index is 1.19. The smallest absolute Gasteiger partial charge is 0.227 e. The molecule has 0 saturated carbocycles. The first-order chi connectivity index (χ1) is 23.8. The van der Waals surface area contributed by atoms with Crippen molar-refractivity contribution in [1.29, 1.82) is 0 Å². The third-order valence-corrected chi connectivity index (χ3v) is 9.16. The lowest BCUT2D eigenvalue weighted by Gasteiger charge is -2.24. The van der Waals surface area contributed by atoms with Crippen LogP contribution in [0.4, 0.5) is 0 Å². The first-order valence-corrected chi connectivity index (χ1v) is 16.0. The van der Waals surface area contributed by atoms with Crippen LogP contribution in [0.3, 0.4) is 0 Å². The van der Waals surface area contributed by atoms with Crippen molar-refractivity contribution >= 4 is 66.6 Å². The largest absolute Gasteiger partial charge is 0.456 e. The Morgan fingerprint density at radius 2 is 1.19 bits per heavy atom. The van der Waals surface area contributed by atoms with E-state index in [1.54, 1.807) is 0 Å². The average Bonchev–Trinajstić information content (AvgIpc) is 3.72. The van der Waals surface area contributed by atoms with Gasteiger partial charge in [0.15, 0.2) is 6.17 Å². The van der Waals surface area contributed by atoms with Crippen molar-refractivity contribution in [2.75, 3.05) is 0 Å². The van der Waals surface area contributed by atoms with E-state index in [-0.39, 0.29) is 0 Å². The number of aliphatic imine (C=N–C) groups is 2. The SMILES string of the molecule is c1ccc(C2=NC(c3cccc4oc5ccccc5c34)N=C(c3ccccc3-c3cccc4oc5nc6ccccc6cc5c34)N2)cc1. The van der Waals surface area contributed by atoms with E-state index in [2.05, 4.69) is 72.0 Å². The molecule has 6 aromatic carbocycles. The number of hydrogen-bond acceptors (Lipinski definition) is 6. The summed E-state index contributed by atoms with van der Waals surface area (Å²) in [5, 5.41) is 8.78. The van der Waals surface area contributed by atoms with Crippen molar-refractivity contribution in [3.8, 4) is 11.1 Å². The van der Waals surface area contributed by atoms with Crippen molar-refractivity contribution in [1.82, 2.24) is 10.3 Å². The van der Waals surface area contributed by atoms with Gasteiger partial charge in [-0.25, -0.2) is 15.0 Å². The lowest BCUT2D eigenvalue weighted by molar-refractivity contribution is 0.656. The van der Waals surface area contributed by atoms with Crippen LogP contribution in [0.15, 0.2) is 164 Å². The van der Waals surface area contributed by atoms with Gasteiger partial charge in [0, 0.05) is 43.6 Å². The fourth-order valence-corrected chi connectivity index (χ4v) is 6.99. The number of fused-ring (bicyclic) bond motifs is 7. The molecule has 10 rings (SSSR count). The molecule has 1 aliphatic heterocycles. The zero-order valence-corrected chi connectivity index (χ0v) is 25.6. The number of aromatic nitrogens is 1. The van der Waals surface area contributed by atoms with Crippen LogP contribution in [0.1, 0.15) is 22.9 Å². The molecule has 0 amide bonds. The fraction of sp³-hybridized carbons (Fsp3) is 0.0238. The molecule has 1 atom stereocenters. The maximum Gasteiger partial charge on any atom is 0.227 e. The summed E-state index contributed by atoms with van der Waals surface area (Å²) in [7, 11) is 0. The number of pyridine rings is 1. The maximum absolute atomic E-state index is 6.34. The normalized spacial score (nSPS) is 14.9. The number of rotatable bonds is 4. The molecular formula is C42H26N4O2. The van der Waals surface area contributed by atoms with Crippen LogP contribution in [-0.4, -0.2) is 16.7 Å². The molecule has 0 fully saturated rings. The second-order valence-electron chi connectivity index (χ2n) is 12.0. The Kier molecular flexibility index (Phi) is 5.84. The standard InChI is InChI=1S/C42H26N4O2/c1-2-12-25(13-3-1)39-44-40(46-41(45-39)31-19-11-22-35-38(31)30-17-7-9-21-34(30)47-35)29-16-6-5-15-27(29)28-18-10-23-36-37(28)32-24-26-14-4-8-20-33(26)43-42(32)48-36/h1-24,41H,(H,44,45,46). The minimum absolute atomic E-state index is 0.504. The van der Waals surface area contributed by atoms with Gasteiger partial charge in [0.25, 0.3) is 0 Å².